The van der Waals surface area contributed by atoms with E-state index in [-0.39, 0.29) is 17.1 Å². The summed E-state index contributed by atoms with van der Waals surface area (Å²) in [5.74, 6) is 1.85. The molecule has 3 fully saturated rings. The fraction of sp³-hybridized carbons (Fsp3) is 0.818. The van der Waals surface area contributed by atoms with Crippen LogP contribution in [0.1, 0.15) is 71.6 Å². The highest BCUT2D eigenvalue weighted by molar-refractivity contribution is 9.10. The van der Waals surface area contributed by atoms with Gasteiger partial charge in [0.25, 0.3) is 0 Å². The molecule has 4 heteroatoms. The maximum Gasteiger partial charge on any atom is 0.317 e. The Morgan fingerprint density at radius 2 is 2.04 bits per heavy atom. The Labute approximate surface area is 165 Å². The topological polar surface area (TPSA) is 54.4 Å². The molecule has 0 aromatic rings. The molecule has 0 amide bonds. The number of carboxylic acids is 1. The van der Waals surface area contributed by atoms with Gasteiger partial charge in [-0.3, -0.25) is 9.59 Å². The first-order valence-corrected chi connectivity index (χ1v) is 11.3. The first-order valence-electron chi connectivity index (χ1n) is 10.4. The molecule has 2 unspecified atom stereocenters. The third-order valence-corrected chi connectivity index (χ3v) is 9.42. The van der Waals surface area contributed by atoms with E-state index < -0.39 is 10.8 Å². The maximum atomic E-state index is 12.2. The molecule has 1 N–H and O–H groups in total. The van der Waals surface area contributed by atoms with Crippen molar-refractivity contribution in [3.8, 4) is 0 Å². The number of hydrogen-bond donors (Lipinski definition) is 1. The highest BCUT2D eigenvalue weighted by atomic mass is 79.9. The van der Waals surface area contributed by atoms with E-state index in [4.69, 9.17) is 0 Å². The molecule has 0 aromatic heterocycles. The number of carbonyl (C=O) groups is 2. The van der Waals surface area contributed by atoms with Crippen LogP contribution in [0, 0.1) is 34.5 Å². The molecule has 0 aliphatic heterocycles. The summed E-state index contributed by atoms with van der Waals surface area (Å²) in [5.41, 5.74) is 1.87. The van der Waals surface area contributed by atoms with Crippen molar-refractivity contribution in [1.82, 2.24) is 0 Å². The lowest BCUT2D eigenvalue weighted by Crippen LogP contribution is -2.52. The molecule has 26 heavy (non-hydrogen) atoms. The lowest BCUT2D eigenvalue weighted by Gasteiger charge is -2.59. The largest absolute Gasteiger partial charge is 0.480 e. The summed E-state index contributed by atoms with van der Waals surface area (Å²) in [6.07, 6.45) is 11.9. The quantitative estimate of drug-likeness (QED) is 0.621. The molecule has 0 saturated heterocycles. The van der Waals surface area contributed by atoms with Crippen LogP contribution in [-0.2, 0) is 9.59 Å². The van der Waals surface area contributed by atoms with Crippen LogP contribution in [0.3, 0.4) is 0 Å². The summed E-state index contributed by atoms with van der Waals surface area (Å²) in [5, 5.41) is 9.42. The summed E-state index contributed by atoms with van der Waals surface area (Å²) >= 11 is 3.37. The van der Waals surface area contributed by atoms with Crippen LogP contribution in [0.15, 0.2) is 11.6 Å². The smallest absolute Gasteiger partial charge is 0.317 e. The highest BCUT2D eigenvalue weighted by Crippen LogP contribution is 2.66. The molecule has 0 aromatic carbocycles. The molecule has 0 radical (unpaired) electrons. The van der Waals surface area contributed by atoms with E-state index in [0.717, 1.165) is 18.8 Å². The number of carboxylic acid groups (broad SMARTS) is 1. The van der Waals surface area contributed by atoms with Gasteiger partial charge in [-0.2, -0.15) is 0 Å². The average molecular weight is 423 g/mol. The average Bonchev–Trinajstić information content (AvgIpc) is 2.98. The SMILES string of the molecule is C[C@@]12CCC[C@H]1[C@@H]1CC(CC(Br)C(=O)O)C3=CC(=O)CC[C@]3(C)[C@@H]1CC2. The predicted octanol–water partition coefficient (Wildman–Crippen LogP) is 5.37. The molecule has 4 aliphatic carbocycles. The number of rotatable bonds is 3. The zero-order valence-electron chi connectivity index (χ0n) is 16.0. The molecule has 0 heterocycles. The minimum atomic E-state index is -0.786. The van der Waals surface area contributed by atoms with Gasteiger partial charge in [-0.15, -0.1) is 0 Å². The second kappa shape index (κ2) is 6.46. The second-order valence-corrected chi connectivity index (χ2v) is 11.0. The second-order valence-electron chi connectivity index (χ2n) is 9.92. The highest BCUT2D eigenvalue weighted by Gasteiger charge is 2.58. The Morgan fingerprint density at radius 3 is 2.77 bits per heavy atom. The van der Waals surface area contributed by atoms with Gasteiger partial charge in [0, 0.05) is 6.42 Å². The van der Waals surface area contributed by atoms with E-state index in [1.165, 1.54) is 37.7 Å². The van der Waals surface area contributed by atoms with E-state index in [0.29, 0.717) is 30.1 Å². The summed E-state index contributed by atoms with van der Waals surface area (Å²) < 4.78 is 0. The van der Waals surface area contributed by atoms with Gasteiger partial charge in [0.05, 0.1) is 0 Å². The van der Waals surface area contributed by atoms with Gasteiger partial charge < -0.3 is 5.11 Å². The predicted molar refractivity (Wildman–Crippen MR) is 105 cm³/mol. The molecule has 4 rings (SSSR count). The first kappa shape index (κ1) is 18.7. The summed E-state index contributed by atoms with van der Waals surface area (Å²) in [6, 6.07) is 0. The van der Waals surface area contributed by atoms with E-state index in [2.05, 4.69) is 29.8 Å². The third-order valence-electron chi connectivity index (χ3n) is 8.66. The molecule has 3 nitrogen and oxygen atoms in total. The van der Waals surface area contributed by atoms with E-state index in [1.54, 1.807) is 0 Å². The van der Waals surface area contributed by atoms with E-state index in [1.807, 2.05) is 6.08 Å². The van der Waals surface area contributed by atoms with Gasteiger partial charge in [-0.25, -0.2) is 0 Å². The Balaban J connectivity index is 1.71. The van der Waals surface area contributed by atoms with Crippen LogP contribution in [0.2, 0.25) is 0 Å². The number of allylic oxidation sites excluding steroid dienone is 1. The molecule has 7 atom stereocenters. The number of halogens is 1. The van der Waals surface area contributed by atoms with Crippen LogP contribution in [0.25, 0.3) is 0 Å². The van der Waals surface area contributed by atoms with Crippen molar-refractivity contribution in [1.29, 1.82) is 0 Å². The minimum absolute atomic E-state index is 0.0939. The Kier molecular flexibility index (Phi) is 4.65. The van der Waals surface area contributed by atoms with Gasteiger partial charge in [-0.05, 0) is 85.5 Å². The van der Waals surface area contributed by atoms with Gasteiger partial charge in [-0.1, -0.05) is 41.8 Å². The number of carbonyl (C=O) groups excluding carboxylic acids is 1. The van der Waals surface area contributed by atoms with Crippen LogP contribution >= 0.6 is 15.9 Å². The number of hydrogen-bond acceptors (Lipinski definition) is 2. The molecule has 3 saturated carbocycles. The molecular formula is C22H31BrO3. The summed E-state index contributed by atoms with van der Waals surface area (Å²) in [7, 11) is 0. The van der Waals surface area contributed by atoms with Crippen molar-refractivity contribution in [2.45, 2.75) is 76.5 Å². The Morgan fingerprint density at radius 1 is 1.27 bits per heavy atom. The van der Waals surface area contributed by atoms with Gasteiger partial charge in [0.2, 0.25) is 0 Å². The zero-order chi connectivity index (χ0) is 18.7. The standard InChI is InChI=1S/C22H31BrO3/c1-21-7-3-4-16(21)15-10-13(11-19(23)20(25)26)18-12-14(24)5-9-22(18,2)17(15)6-8-21/h12-13,15-17,19H,3-11H2,1-2H3,(H,25,26)/t13?,15-,16-,17+,19?,21-,22+/m0/s1. The molecule has 0 spiro atoms. The molecule has 0 bridgehead atoms. The minimum Gasteiger partial charge on any atom is -0.480 e. The molecular weight excluding hydrogens is 392 g/mol. The van der Waals surface area contributed by atoms with Gasteiger partial charge >= 0.3 is 5.97 Å². The number of aliphatic carboxylic acids is 1. The van der Waals surface area contributed by atoms with E-state index in [9.17, 15) is 14.7 Å². The van der Waals surface area contributed by atoms with Crippen molar-refractivity contribution in [2.75, 3.05) is 0 Å². The first-order chi connectivity index (χ1) is 12.2. The summed E-state index contributed by atoms with van der Waals surface area (Å²) in [4.78, 5) is 23.2. The number of ketones is 1. The van der Waals surface area contributed by atoms with Crippen molar-refractivity contribution in [3.05, 3.63) is 11.6 Å². The van der Waals surface area contributed by atoms with Crippen LogP contribution in [-0.4, -0.2) is 21.7 Å². The normalized spacial score (nSPS) is 46.0. The molecule has 144 valence electrons. The molecule has 4 aliphatic rings. The third kappa shape index (κ3) is 2.82. The Hall–Kier alpha value is -0.640. The summed E-state index contributed by atoms with van der Waals surface area (Å²) in [6.45, 7) is 4.88. The van der Waals surface area contributed by atoms with E-state index >= 15 is 0 Å². The lowest BCUT2D eigenvalue weighted by atomic mass is 9.45. The van der Waals surface area contributed by atoms with Crippen molar-refractivity contribution < 1.29 is 14.7 Å². The van der Waals surface area contributed by atoms with Gasteiger partial charge in [0.15, 0.2) is 5.78 Å². The Bertz CT molecular complexity index is 656. The maximum absolute atomic E-state index is 12.2. The van der Waals surface area contributed by atoms with Gasteiger partial charge in [0.1, 0.15) is 4.83 Å². The lowest BCUT2D eigenvalue weighted by molar-refractivity contribution is -0.136. The fourth-order valence-corrected chi connectivity index (χ4v) is 7.80. The monoisotopic (exact) mass is 422 g/mol. The van der Waals surface area contributed by atoms with Crippen molar-refractivity contribution in [2.24, 2.45) is 34.5 Å². The zero-order valence-corrected chi connectivity index (χ0v) is 17.6. The van der Waals surface area contributed by atoms with Crippen LogP contribution in [0.4, 0.5) is 0 Å². The number of alkyl halides is 1. The fourth-order valence-electron chi connectivity index (χ4n) is 7.35. The van der Waals surface area contributed by atoms with Crippen LogP contribution in [0.5, 0.6) is 0 Å². The van der Waals surface area contributed by atoms with Crippen LogP contribution < -0.4 is 0 Å². The van der Waals surface area contributed by atoms with Crippen molar-refractivity contribution >= 4 is 27.7 Å². The van der Waals surface area contributed by atoms with Crippen molar-refractivity contribution in [3.63, 3.8) is 0 Å². The number of fused-ring (bicyclic) bond motifs is 5.